The Hall–Kier alpha value is -1.09. The van der Waals surface area contributed by atoms with Gasteiger partial charge in [-0.15, -0.1) is 0 Å². The summed E-state index contributed by atoms with van der Waals surface area (Å²) in [5.41, 5.74) is 0.551. The number of allylic oxidation sites excluding steroid dienone is 2. The molecule has 5 atom stereocenters. The Morgan fingerprint density at radius 3 is 2.70 bits per heavy atom. The number of fused-ring (bicyclic) bond motifs is 3. The molecule has 0 heterocycles. The second-order valence-corrected chi connectivity index (χ2v) is 8.56. The van der Waals surface area contributed by atoms with Crippen LogP contribution < -0.4 is 0 Å². The lowest BCUT2D eigenvalue weighted by molar-refractivity contribution is -0.164. The van der Waals surface area contributed by atoms with E-state index in [0.717, 1.165) is 37.7 Å². The highest BCUT2D eigenvalue weighted by Crippen LogP contribution is 2.65. The summed E-state index contributed by atoms with van der Waals surface area (Å²) >= 11 is 0. The van der Waals surface area contributed by atoms with E-state index >= 15 is 0 Å². The minimum atomic E-state index is -0.575. The molecule has 3 rings (SSSR count). The lowest BCUT2D eigenvalue weighted by Crippen LogP contribution is -2.52. The highest BCUT2D eigenvalue weighted by Gasteiger charge is 2.63. The van der Waals surface area contributed by atoms with Gasteiger partial charge >= 0.3 is 5.97 Å². The molecule has 0 spiro atoms. The minimum Gasteiger partial charge on any atom is -0.481 e. The third-order valence-corrected chi connectivity index (χ3v) is 7.19. The van der Waals surface area contributed by atoms with Crippen LogP contribution in [0.5, 0.6) is 0 Å². The minimum absolute atomic E-state index is 0.0721. The number of carboxylic acid groups (broad SMARTS) is 1. The molecule has 2 saturated carbocycles. The number of hydrogen-bond donors (Lipinski definition) is 2. The Bertz CT molecular complexity index is 547. The van der Waals surface area contributed by atoms with E-state index in [-0.39, 0.29) is 23.9 Å². The van der Waals surface area contributed by atoms with Crippen LogP contribution in [0.2, 0.25) is 0 Å². The summed E-state index contributed by atoms with van der Waals surface area (Å²) in [6.07, 6.45) is 11.2. The molecule has 2 fully saturated rings. The zero-order chi connectivity index (χ0) is 16.8. The molecule has 3 heteroatoms. The van der Waals surface area contributed by atoms with Crippen molar-refractivity contribution in [2.24, 2.45) is 34.5 Å². The zero-order valence-electron chi connectivity index (χ0n) is 14.6. The highest BCUT2D eigenvalue weighted by atomic mass is 16.4. The van der Waals surface area contributed by atoms with Gasteiger partial charge in [-0.2, -0.15) is 0 Å². The normalized spacial score (nSPS) is 42.8. The summed E-state index contributed by atoms with van der Waals surface area (Å²) in [4.78, 5) is 12.4. The zero-order valence-corrected chi connectivity index (χ0v) is 14.6. The van der Waals surface area contributed by atoms with E-state index in [0.29, 0.717) is 11.8 Å². The van der Waals surface area contributed by atoms with Crippen molar-refractivity contribution in [2.45, 2.75) is 52.9 Å². The van der Waals surface area contributed by atoms with E-state index in [2.05, 4.69) is 32.9 Å². The maximum Gasteiger partial charge on any atom is 0.310 e. The Morgan fingerprint density at radius 2 is 2.09 bits per heavy atom. The standard InChI is InChI=1S/C20H30O3/c1-13(2)15-6-7-17-16-5-4-14(12-21)8-9-19(16,3)10-11-20(15,17)18(22)23/h4-5,8,13,15-17,21H,6-7,9-12H2,1-3H3,(H,22,23)/t15-,16+,17+,19-,20+/m1/s1. The average Bonchev–Trinajstić information content (AvgIpc) is 2.81. The van der Waals surface area contributed by atoms with Crippen molar-refractivity contribution < 1.29 is 15.0 Å². The molecule has 0 saturated heterocycles. The SMILES string of the molecule is CC(C)[C@H]1CC[C@H]2[C@@H]3C=CC(CO)=CC[C@]3(C)CC[C@]12C(=O)O. The summed E-state index contributed by atoms with van der Waals surface area (Å²) in [6.45, 7) is 6.75. The van der Waals surface area contributed by atoms with Crippen LogP contribution in [-0.4, -0.2) is 22.8 Å². The van der Waals surface area contributed by atoms with Crippen LogP contribution in [0.15, 0.2) is 23.8 Å². The fourth-order valence-electron chi connectivity index (χ4n) is 5.90. The molecule has 0 aromatic rings. The Kier molecular flexibility index (Phi) is 4.20. The summed E-state index contributed by atoms with van der Waals surface area (Å²) in [6, 6.07) is 0. The first-order valence-corrected chi connectivity index (χ1v) is 9.06. The predicted octanol–water partition coefficient (Wildman–Crippen LogP) is 4.03. The van der Waals surface area contributed by atoms with Crippen molar-refractivity contribution in [3.63, 3.8) is 0 Å². The molecule has 3 aliphatic carbocycles. The third kappa shape index (κ3) is 2.39. The summed E-state index contributed by atoms with van der Waals surface area (Å²) in [5, 5.41) is 19.6. The molecule has 0 radical (unpaired) electrons. The van der Waals surface area contributed by atoms with Gasteiger partial charge in [-0.05, 0) is 66.8 Å². The third-order valence-electron chi connectivity index (χ3n) is 7.19. The molecular weight excluding hydrogens is 288 g/mol. The molecule has 2 N–H and O–H groups in total. The van der Waals surface area contributed by atoms with Crippen molar-refractivity contribution in [1.82, 2.24) is 0 Å². The van der Waals surface area contributed by atoms with Gasteiger partial charge in [0.1, 0.15) is 0 Å². The number of carboxylic acids is 1. The van der Waals surface area contributed by atoms with Crippen LogP contribution in [0.3, 0.4) is 0 Å². The summed E-state index contributed by atoms with van der Waals surface area (Å²) in [5.74, 6) is 0.664. The summed E-state index contributed by atoms with van der Waals surface area (Å²) in [7, 11) is 0. The first-order valence-electron chi connectivity index (χ1n) is 9.06. The number of aliphatic hydroxyl groups is 1. The molecule has 23 heavy (non-hydrogen) atoms. The van der Waals surface area contributed by atoms with Gasteiger partial charge in [0.15, 0.2) is 0 Å². The van der Waals surface area contributed by atoms with E-state index in [9.17, 15) is 15.0 Å². The van der Waals surface area contributed by atoms with Gasteiger partial charge in [-0.25, -0.2) is 0 Å². The second-order valence-electron chi connectivity index (χ2n) is 8.56. The van der Waals surface area contributed by atoms with Crippen LogP contribution >= 0.6 is 0 Å². The quantitative estimate of drug-likeness (QED) is 0.826. The van der Waals surface area contributed by atoms with Gasteiger partial charge in [0.2, 0.25) is 0 Å². The van der Waals surface area contributed by atoms with Crippen molar-refractivity contribution in [1.29, 1.82) is 0 Å². The lowest BCUT2D eigenvalue weighted by Gasteiger charge is -2.52. The van der Waals surface area contributed by atoms with E-state index in [1.54, 1.807) is 0 Å². The fraction of sp³-hybridized carbons (Fsp3) is 0.750. The van der Waals surface area contributed by atoms with Crippen LogP contribution in [-0.2, 0) is 4.79 Å². The fourth-order valence-corrected chi connectivity index (χ4v) is 5.90. The second kappa shape index (κ2) is 5.77. The van der Waals surface area contributed by atoms with Crippen molar-refractivity contribution >= 4 is 5.97 Å². The van der Waals surface area contributed by atoms with Gasteiger partial charge in [0.05, 0.1) is 12.0 Å². The molecule has 0 bridgehead atoms. The van der Waals surface area contributed by atoms with Gasteiger partial charge in [0.25, 0.3) is 0 Å². The topological polar surface area (TPSA) is 57.5 Å². The number of carbonyl (C=O) groups is 1. The van der Waals surface area contributed by atoms with Crippen LogP contribution in [0.25, 0.3) is 0 Å². The van der Waals surface area contributed by atoms with Crippen molar-refractivity contribution in [2.75, 3.05) is 6.61 Å². The Balaban J connectivity index is 2.02. The first kappa shape index (κ1) is 16.8. The molecule has 0 unspecified atom stereocenters. The largest absolute Gasteiger partial charge is 0.481 e. The van der Waals surface area contributed by atoms with E-state index in [4.69, 9.17) is 0 Å². The molecule has 3 nitrogen and oxygen atoms in total. The Morgan fingerprint density at radius 1 is 1.35 bits per heavy atom. The monoisotopic (exact) mass is 318 g/mol. The average molecular weight is 318 g/mol. The molecule has 128 valence electrons. The smallest absolute Gasteiger partial charge is 0.310 e. The predicted molar refractivity (Wildman–Crippen MR) is 90.9 cm³/mol. The van der Waals surface area contributed by atoms with Gasteiger partial charge < -0.3 is 10.2 Å². The van der Waals surface area contributed by atoms with Crippen LogP contribution in [0, 0.1) is 34.5 Å². The molecule has 0 aromatic heterocycles. The maximum absolute atomic E-state index is 12.4. The van der Waals surface area contributed by atoms with Gasteiger partial charge in [0, 0.05) is 0 Å². The molecule has 0 aromatic carbocycles. The van der Waals surface area contributed by atoms with Crippen molar-refractivity contribution in [3.8, 4) is 0 Å². The van der Waals surface area contributed by atoms with Gasteiger partial charge in [-0.1, -0.05) is 39.0 Å². The highest BCUT2D eigenvalue weighted by molar-refractivity contribution is 5.76. The molecular formula is C20H30O3. The lowest BCUT2D eigenvalue weighted by atomic mass is 9.50. The number of hydrogen-bond acceptors (Lipinski definition) is 2. The number of aliphatic hydroxyl groups excluding tert-OH is 1. The maximum atomic E-state index is 12.4. The molecule has 3 aliphatic rings. The van der Waals surface area contributed by atoms with E-state index in [1.807, 2.05) is 6.08 Å². The number of rotatable bonds is 3. The molecule has 0 amide bonds. The summed E-state index contributed by atoms with van der Waals surface area (Å²) < 4.78 is 0. The van der Waals surface area contributed by atoms with Crippen molar-refractivity contribution in [3.05, 3.63) is 23.8 Å². The van der Waals surface area contributed by atoms with Crippen LogP contribution in [0.4, 0.5) is 0 Å². The Labute approximate surface area is 139 Å². The van der Waals surface area contributed by atoms with E-state index in [1.165, 1.54) is 0 Å². The first-order chi connectivity index (χ1) is 10.8. The van der Waals surface area contributed by atoms with E-state index < -0.39 is 11.4 Å². The number of aliphatic carboxylic acids is 1. The van der Waals surface area contributed by atoms with Crippen LogP contribution in [0.1, 0.15) is 52.9 Å². The van der Waals surface area contributed by atoms with Gasteiger partial charge in [-0.3, -0.25) is 4.79 Å². The molecule has 0 aliphatic heterocycles.